The number of nitrogens with zero attached hydrogens (tertiary/aromatic N) is 1. The summed E-state index contributed by atoms with van der Waals surface area (Å²) < 4.78 is 43.0. The molecule has 1 atom stereocenters. The number of hydrogen-bond donors (Lipinski definition) is 1. The average molecular weight is 316 g/mol. The molecule has 1 amide bonds. The summed E-state index contributed by atoms with van der Waals surface area (Å²) in [5.74, 6) is -0.149. The number of nitrogens with two attached hydrogens (primary N) is 1. The van der Waals surface area contributed by atoms with E-state index in [1.165, 1.54) is 12.1 Å². The van der Waals surface area contributed by atoms with Gasteiger partial charge in [0.2, 0.25) is 5.91 Å². The Morgan fingerprint density at radius 1 is 1.27 bits per heavy atom. The first kappa shape index (κ1) is 16.8. The van der Waals surface area contributed by atoms with Crippen LogP contribution in [0.15, 0.2) is 24.3 Å². The molecule has 4 nitrogen and oxygen atoms in total. The Morgan fingerprint density at radius 3 is 2.55 bits per heavy atom. The van der Waals surface area contributed by atoms with E-state index in [9.17, 15) is 18.0 Å². The van der Waals surface area contributed by atoms with Crippen molar-refractivity contribution < 1.29 is 22.7 Å². The van der Waals surface area contributed by atoms with Gasteiger partial charge in [-0.1, -0.05) is 12.1 Å². The number of carbonyl (C=O) groups excluding carboxylic acids is 1. The molecule has 1 aliphatic rings. The molecule has 1 fully saturated rings. The van der Waals surface area contributed by atoms with Crippen LogP contribution in [0.25, 0.3) is 0 Å². The number of halogens is 3. The fourth-order valence-corrected chi connectivity index (χ4v) is 2.37. The standard InChI is InChI=1S/C15H19F3N2O2/c16-15(17,18)12-5-3-11(4-6-12)8-20-9-13(2-1-7-19)22-10-14(20)21/h3-6,13H,1-2,7-10,19H2. The van der Waals surface area contributed by atoms with Crippen LogP contribution in [0.1, 0.15) is 24.0 Å². The number of rotatable bonds is 5. The maximum atomic E-state index is 12.5. The van der Waals surface area contributed by atoms with E-state index in [1.807, 2.05) is 0 Å². The molecule has 0 aliphatic carbocycles. The molecule has 2 rings (SSSR count). The van der Waals surface area contributed by atoms with Crippen LogP contribution in [0.2, 0.25) is 0 Å². The molecule has 0 bridgehead atoms. The van der Waals surface area contributed by atoms with Gasteiger partial charge in [0, 0.05) is 13.1 Å². The minimum atomic E-state index is -4.35. The minimum Gasteiger partial charge on any atom is -0.367 e. The highest BCUT2D eigenvalue weighted by Gasteiger charge is 2.30. The minimum absolute atomic E-state index is 0.00979. The van der Waals surface area contributed by atoms with Crippen LogP contribution in [-0.4, -0.2) is 36.6 Å². The molecule has 22 heavy (non-hydrogen) atoms. The second-order valence-electron chi connectivity index (χ2n) is 5.33. The van der Waals surface area contributed by atoms with E-state index in [0.717, 1.165) is 25.0 Å². The van der Waals surface area contributed by atoms with Crippen LogP contribution in [0.3, 0.4) is 0 Å². The van der Waals surface area contributed by atoms with Gasteiger partial charge in [0.15, 0.2) is 0 Å². The molecular formula is C15H19F3N2O2. The van der Waals surface area contributed by atoms with E-state index >= 15 is 0 Å². The van der Waals surface area contributed by atoms with Crippen molar-refractivity contribution in [3.63, 3.8) is 0 Å². The third kappa shape index (κ3) is 4.45. The van der Waals surface area contributed by atoms with Crippen LogP contribution in [0.5, 0.6) is 0 Å². The van der Waals surface area contributed by atoms with Crippen LogP contribution in [0.4, 0.5) is 13.2 Å². The molecule has 2 N–H and O–H groups in total. The molecule has 0 spiro atoms. The molecule has 122 valence electrons. The van der Waals surface area contributed by atoms with Gasteiger partial charge in [-0.2, -0.15) is 13.2 Å². The fraction of sp³-hybridized carbons (Fsp3) is 0.533. The molecule has 1 heterocycles. The largest absolute Gasteiger partial charge is 0.416 e. The molecule has 7 heteroatoms. The van der Waals surface area contributed by atoms with Gasteiger partial charge in [0.25, 0.3) is 0 Å². The number of amides is 1. The van der Waals surface area contributed by atoms with E-state index in [-0.39, 0.29) is 18.6 Å². The Hall–Kier alpha value is -1.60. The molecule has 0 radical (unpaired) electrons. The third-order valence-corrected chi connectivity index (χ3v) is 3.60. The smallest absolute Gasteiger partial charge is 0.367 e. The number of alkyl halides is 3. The topological polar surface area (TPSA) is 55.6 Å². The monoisotopic (exact) mass is 316 g/mol. The maximum absolute atomic E-state index is 12.5. The quantitative estimate of drug-likeness (QED) is 0.906. The van der Waals surface area contributed by atoms with Crippen molar-refractivity contribution in [2.75, 3.05) is 19.7 Å². The van der Waals surface area contributed by atoms with Gasteiger partial charge in [-0.05, 0) is 37.1 Å². The Kier molecular flexibility index (Phi) is 5.42. The Labute approximate surface area is 127 Å². The average Bonchev–Trinajstić information content (AvgIpc) is 2.47. The summed E-state index contributed by atoms with van der Waals surface area (Å²) in [7, 11) is 0. The van der Waals surface area contributed by atoms with E-state index in [4.69, 9.17) is 10.5 Å². The van der Waals surface area contributed by atoms with Crippen molar-refractivity contribution >= 4 is 5.91 Å². The maximum Gasteiger partial charge on any atom is 0.416 e. The van der Waals surface area contributed by atoms with Gasteiger partial charge >= 0.3 is 6.18 Å². The summed E-state index contributed by atoms with van der Waals surface area (Å²) in [5, 5.41) is 0. The summed E-state index contributed by atoms with van der Waals surface area (Å²) in [6.45, 7) is 1.31. The van der Waals surface area contributed by atoms with E-state index in [2.05, 4.69) is 0 Å². The Morgan fingerprint density at radius 2 is 1.95 bits per heavy atom. The van der Waals surface area contributed by atoms with Crippen molar-refractivity contribution in [3.05, 3.63) is 35.4 Å². The summed E-state index contributed by atoms with van der Waals surface area (Å²) >= 11 is 0. The van der Waals surface area contributed by atoms with Gasteiger partial charge in [-0.25, -0.2) is 0 Å². The highest BCUT2D eigenvalue weighted by atomic mass is 19.4. The highest BCUT2D eigenvalue weighted by molar-refractivity contribution is 5.78. The predicted molar refractivity (Wildman–Crippen MR) is 74.9 cm³/mol. The number of ether oxygens (including phenoxy) is 1. The van der Waals surface area contributed by atoms with Crippen LogP contribution < -0.4 is 5.73 Å². The summed E-state index contributed by atoms with van der Waals surface area (Å²) in [4.78, 5) is 13.5. The van der Waals surface area contributed by atoms with Crippen molar-refractivity contribution in [1.29, 1.82) is 0 Å². The molecule has 1 aromatic carbocycles. The first-order valence-corrected chi connectivity index (χ1v) is 7.15. The van der Waals surface area contributed by atoms with Crippen molar-refractivity contribution in [1.82, 2.24) is 4.90 Å². The Balaban J connectivity index is 1.97. The lowest BCUT2D eigenvalue weighted by Crippen LogP contribution is -2.46. The molecule has 1 aliphatic heterocycles. The van der Waals surface area contributed by atoms with Crippen molar-refractivity contribution in [2.45, 2.75) is 31.7 Å². The third-order valence-electron chi connectivity index (χ3n) is 3.60. The van der Waals surface area contributed by atoms with Gasteiger partial charge < -0.3 is 15.4 Å². The van der Waals surface area contributed by atoms with Crippen LogP contribution >= 0.6 is 0 Å². The number of carbonyl (C=O) groups is 1. The number of morpholine rings is 1. The first-order chi connectivity index (χ1) is 10.4. The molecule has 1 saturated heterocycles. The van der Waals surface area contributed by atoms with Crippen LogP contribution in [0, 0.1) is 0 Å². The Bertz CT molecular complexity index is 503. The zero-order valence-corrected chi connectivity index (χ0v) is 12.1. The van der Waals surface area contributed by atoms with Gasteiger partial charge in [-0.15, -0.1) is 0 Å². The second-order valence-corrected chi connectivity index (χ2v) is 5.33. The molecule has 1 unspecified atom stereocenters. The van der Waals surface area contributed by atoms with E-state index in [1.54, 1.807) is 4.90 Å². The highest BCUT2D eigenvalue weighted by Crippen LogP contribution is 2.29. The van der Waals surface area contributed by atoms with Gasteiger partial charge in [0.05, 0.1) is 11.7 Å². The van der Waals surface area contributed by atoms with E-state index < -0.39 is 11.7 Å². The molecule has 0 aromatic heterocycles. The lowest BCUT2D eigenvalue weighted by Gasteiger charge is -2.33. The zero-order chi connectivity index (χ0) is 16.2. The lowest BCUT2D eigenvalue weighted by molar-refractivity contribution is -0.150. The van der Waals surface area contributed by atoms with Gasteiger partial charge in [0.1, 0.15) is 6.61 Å². The van der Waals surface area contributed by atoms with Crippen molar-refractivity contribution in [2.24, 2.45) is 5.73 Å². The summed E-state index contributed by atoms with van der Waals surface area (Å²) in [6.07, 6.45) is -2.82. The lowest BCUT2D eigenvalue weighted by atomic mass is 10.1. The van der Waals surface area contributed by atoms with Crippen LogP contribution in [-0.2, 0) is 22.3 Å². The molecule has 0 saturated carbocycles. The number of benzene rings is 1. The van der Waals surface area contributed by atoms with Gasteiger partial charge in [-0.3, -0.25) is 4.79 Å². The SMILES string of the molecule is NCCCC1CN(Cc2ccc(C(F)(F)F)cc2)C(=O)CO1. The zero-order valence-electron chi connectivity index (χ0n) is 12.1. The van der Waals surface area contributed by atoms with Crippen molar-refractivity contribution in [3.8, 4) is 0 Å². The second kappa shape index (κ2) is 7.11. The normalized spacial score (nSPS) is 19.5. The first-order valence-electron chi connectivity index (χ1n) is 7.15. The summed E-state index contributed by atoms with van der Waals surface area (Å²) in [5.41, 5.74) is 5.43. The summed E-state index contributed by atoms with van der Waals surface area (Å²) in [6, 6.07) is 4.87. The number of hydrogen-bond acceptors (Lipinski definition) is 3. The fourth-order valence-electron chi connectivity index (χ4n) is 2.37. The molecule has 1 aromatic rings. The predicted octanol–water partition coefficient (Wildman–Crippen LogP) is 2.17. The molecular weight excluding hydrogens is 297 g/mol. The van der Waals surface area contributed by atoms with E-state index in [0.29, 0.717) is 25.2 Å².